The maximum atomic E-state index is 13.0. The zero-order valence-electron chi connectivity index (χ0n) is 21.1. The number of para-hydroxylation sites is 1. The fourth-order valence-corrected chi connectivity index (χ4v) is 6.45. The molecule has 1 amide bonds. The predicted molar refractivity (Wildman–Crippen MR) is 152 cm³/mol. The van der Waals surface area contributed by atoms with Gasteiger partial charge in [-0.1, -0.05) is 47.6 Å². The van der Waals surface area contributed by atoms with Crippen LogP contribution in [-0.4, -0.2) is 65.5 Å². The number of aryl methyl sites for hydroxylation is 1. The maximum absolute atomic E-state index is 13.0. The van der Waals surface area contributed by atoms with Gasteiger partial charge in [-0.3, -0.25) is 9.36 Å². The third-order valence-corrected chi connectivity index (χ3v) is 9.25. The number of carbonyl (C=O) groups is 1. The molecule has 1 saturated heterocycles. The molecule has 0 atom stereocenters. The largest absolute Gasteiger partial charge is 0.379 e. The maximum Gasteiger partial charge on any atom is 0.243 e. The number of nitrogens with one attached hydrogen (secondary N) is 1. The second-order valence-corrected chi connectivity index (χ2v) is 12.1. The summed E-state index contributed by atoms with van der Waals surface area (Å²) in [5, 5.41) is 12.7. The number of ether oxygens (including phenoxy) is 1. The number of hydrogen-bond donors (Lipinski definition) is 1. The number of halogens is 1. The highest BCUT2D eigenvalue weighted by molar-refractivity contribution is 7.99. The molecule has 5 rings (SSSR count). The van der Waals surface area contributed by atoms with Crippen LogP contribution in [0.5, 0.6) is 0 Å². The summed E-state index contributed by atoms with van der Waals surface area (Å²) in [5.41, 5.74) is 3.08. The van der Waals surface area contributed by atoms with Crippen molar-refractivity contribution in [2.24, 2.45) is 0 Å². The molecule has 1 aliphatic rings. The number of rotatable bonds is 8. The third-order valence-electron chi connectivity index (χ3n) is 6.17. The molecule has 0 bridgehead atoms. The van der Waals surface area contributed by atoms with E-state index in [1.165, 1.54) is 16.1 Å². The van der Waals surface area contributed by atoms with Crippen molar-refractivity contribution < 1.29 is 17.9 Å². The Bertz CT molecular complexity index is 1570. The number of aromatic nitrogens is 3. The van der Waals surface area contributed by atoms with Crippen molar-refractivity contribution in [2.75, 3.05) is 37.4 Å². The minimum Gasteiger partial charge on any atom is -0.379 e. The van der Waals surface area contributed by atoms with Crippen molar-refractivity contribution in [1.29, 1.82) is 0 Å². The number of anilines is 1. The summed E-state index contributed by atoms with van der Waals surface area (Å²) in [6.45, 7) is 3.33. The molecular weight excluding hydrogens is 558 g/mol. The molecule has 9 nitrogen and oxygen atoms in total. The average Bonchev–Trinajstić information content (AvgIpc) is 3.39. The van der Waals surface area contributed by atoms with Crippen molar-refractivity contribution in [2.45, 2.75) is 17.0 Å². The van der Waals surface area contributed by atoms with Gasteiger partial charge in [0.15, 0.2) is 11.0 Å². The van der Waals surface area contributed by atoms with Crippen LogP contribution in [0.3, 0.4) is 0 Å². The molecule has 0 saturated carbocycles. The molecule has 1 fully saturated rings. The first kappa shape index (κ1) is 27.4. The minimum absolute atomic E-state index is 0.105. The van der Waals surface area contributed by atoms with E-state index >= 15 is 0 Å². The second kappa shape index (κ2) is 11.9. The Morgan fingerprint density at radius 2 is 1.74 bits per heavy atom. The molecule has 0 aliphatic carbocycles. The van der Waals surface area contributed by atoms with E-state index in [-0.39, 0.29) is 16.6 Å². The summed E-state index contributed by atoms with van der Waals surface area (Å²) in [7, 11) is -3.61. The van der Waals surface area contributed by atoms with Gasteiger partial charge in [-0.2, -0.15) is 4.31 Å². The third kappa shape index (κ3) is 6.18. The van der Waals surface area contributed by atoms with Gasteiger partial charge >= 0.3 is 0 Å². The highest BCUT2D eigenvalue weighted by Crippen LogP contribution is 2.29. The van der Waals surface area contributed by atoms with E-state index in [0.717, 1.165) is 11.3 Å². The smallest absolute Gasteiger partial charge is 0.243 e. The summed E-state index contributed by atoms with van der Waals surface area (Å²) >= 11 is 7.33. The molecule has 1 aliphatic heterocycles. The van der Waals surface area contributed by atoms with Gasteiger partial charge in [0, 0.05) is 35.1 Å². The first-order valence-corrected chi connectivity index (χ1v) is 15.0. The van der Waals surface area contributed by atoms with Crippen molar-refractivity contribution >= 4 is 45.0 Å². The van der Waals surface area contributed by atoms with Crippen LogP contribution in [0.4, 0.5) is 5.69 Å². The Kier molecular flexibility index (Phi) is 8.34. The Morgan fingerprint density at radius 3 is 2.46 bits per heavy atom. The summed E-state index contributed by atoms with van der Waals surface area (Å²) in [5.74, 6) is 0.436. The van der Waals surface area contributed by atoms with Crippen LogP contribution in [0.2, 0.25) is 5.02 Å². The van der Waals surface area contributed by atoms with E-state index in [4.69, 9.17) is 16.3 Å². The molecule has 0 spiro atoms. The topological polar surface area (TPSA) is 106 Å². The first-order valence-electron chi connectivity index (χ1n) is 12.2. The zero-order valence-corrected chi connectivity index (χ0v) is 23.5. The zero-order chi connectivity index (χ0) is 27.4. The van der Waals surface area contributed by atoms with Crippen LogP contribution >= 0.6 is 23.4 Å². The number of sulfonamides is 1. The van der Waals surface area contributed by atoms with Crippen LogP contribution in [-0.2, 0) is 19.6 Å². The van der Waals surface area contributed by atoms with Crippen molar-refractivity contribution in [3.63, 3.8) is 0 Å². The number of thioether (sulfide) groups is 1. The van der Waals surface area contributed by atoms with Crippen LogP contribution in [0.1, 0.15) is 5.56 Å². The Morgan fingerprint density at radius 1 is 1.03 bits per heavy atom. The molecule has 12 heteroatoms. The number of nitrogens with zero attached hydrogens (tertiary/aromatic N) is 4. The Balaban J connectivity index is 1.39. The van der Waals surface area contributed by atoms with Crippen LogP contribution in [0, 0.1) is 6.92 Å². The van der Waals surface area contributed by atoms with E-state index in [9.17, 15) is 13.2 Å². The Labute approximate surface area is 236 Å². The predicted octanol–water partition coefficient (Wildman–Crippen LogP) is 4.65. The van der Waals surface area contributed by atoms with Crippen molar-refractivity contribution in [1.82, 2.24) is 19.1 Å². The molecule has 0 unspecified atom stereocenters. The molecule has 3 aromatic carbocycles. The fraction of sp³-hybridized carbons (Fsp3) is 0.222. The molecule has 39 heavy (non-hydrogen) atoms. The molecule has 1 N–H and O–H groups in total. The molecule has 0 radical (unpaired) electrons. The molecule has 2 heterocycles. The van der Waals surface area contributed by atoms with Gasteiger partial charge in [-0.15, -0.1) is 10.2 Å². The standard InChI is InChI=1S/C27H26ClN5O4S2/c1-19-7-10-21(28)17-24(19)29-25(34)18-38-27-31-30-26(33(27)22-5-3-2-4-6-22)20-8-11-23(12-9-20)39(35,36)32-13-15-37-16-14-32/h2-12,17H,13-16,18H2,1H3,(H,29,34). The summed E-state index contributed by atoms with van der Waals surface area (Å²) in [6.07, 6.45) is 0. The lowest BCUT2D eigenvalue weighted by atomic mass is 10.2. The molecule has 1 aromatic heterocycles. The average molecular weight is 584 g/mol. The number of carbonyl (C=O) groups excluding carboxylic acids is 1. The van der Waals surface area contributed by atoms with Gasteiger partial charge < -0.3 is 10.1 Å². The van der Waals surface area contributed by atoms with Gasteiger partial charge in [0.1, 0.15) is 0 Å². The first-order chi connectivity index (χ1) is 18.8. The lowest BCUT2D eigenvalue weighted by Crippen LogP contribution is -2.40. The van der Waals surface area contributed by atoms with E-state index in [1.54, 1.807) is 36.4 Å². The van der Waals surface area contributed by atoms with Gasteiger partial charge in [-0.25, -0.2) is 8.42 Å². The van der Waals surface area contributed by atoms with Crippen molar-refractivity contribution in [3.8, 4) is 17.1 Å². The van der Waals surface area contributed by atoms with Gasteiger partial charge in [0.05, 0.1) is 23.9 Å². The normalized spacial score (nSPS) is 14.3. The molecular formula is C27H26ClN5O4S2. The number of benzene rings is 3. The van der Waals surface area contributed by atoms with Crippen LogP contribution in [0.15, 0.2) is 82.8 Å². The quantitative estimate of drug-likeness (QED) is 0.301. The molecule has 4 aromatic rings. The van der Waals surface area contributed by atoms with Gasteiger partial charge in [0.2, 0.25) is 15.9 Å². The second-order valence-electron chi connectivity index (χ2n) is 8.81. The summed E-state index contributed by atoms with van der Waals surface area (Å²) in [4.78, 5) is 12.9. The Hall–Kier alpha value is -3.22. The molecule has 202 valence electrons. The van der Waals surface area contributed by atoms with E-state index in [2.05, 4.69) is 15.5 Å². The highest BCUT2D eigenvalue weighted by Gasteiger charge is 2.26. The fourth-order valence-electron chi connectivity index (χ4n) is 4.12. The summed E-state index contributed by atoms with van der Waals surface area (Å²) in [6, 6.07) is 21.5. The summed E-state index contributed by atoms with van der Waals surface area (Å²) < 4.78 is 34.6. The van der Waals surface area contributed by atoms with Gasteiger partial charge in [-0.05, 0) is 61.0 Å². The lowest BCUT2D eigenvalue weighted by molar-refractivity contribution is -0.113. The number of amides is 1. The van der Waals surface area contributed by atoms with E-state index in [1.807, 2.05) is 47.9 Å². The number of hydrogen-bond acceptors (Lipinski definition) is 7. The van der Waals surface area contributed by atoms with Gasteiger partial charge in [0.25, 0.3) is 0 Å². The lowest BCUT2D eigenvalue weighted by Gasteiger charge is -2.26. The number of morpholine rings is 1. The SMILES string of the molecule is Cc1ccc(Cl)cc1NC(=O)CSc1nnc(-c2ccc(S(=O)(=O)N3CCOCC3)cc2)n1-c1ccccc1. The van der Waals surface area contributed by atoms with E-state index < -0.39 is 10.0 Å². The highest BCUT2D eigenvalue weighted by atomic mass is 35.5. The van der Waals surface area contributed by atoms with Crippen LogP contribution in [0.25, 0.3) is 17.1 Å². The van der Waals surface area contributed by atoms with Crippen LogP contribution < -0.4 is 5.32 Å². The van der Waals surface area contributed by atoms with Crippen molar-refractivity contribution in [3.05, 3.63) is 83.4 Å². The van der Waals surface area contributed by atoms with E-state index in [0.29, 0.717) is 53.6 Å². The monoisotopic (exact) mass is 583 g/mol. The minimum atomic E-state index is -3.61.